The van der Waals surface area contributed by atoms with Crippen LogP contribution < -0.4 is 15.4 Å². The van der Waals surface area contributed by atoms with Gasteiger partial charge >= 0.3 is 0 Å². The SMILES string of the molecule is Cc1ccc(Oc2ccc(NCC(=O)NCc3ccco3)cc2)nc1. The lowest BCUT2D eigenvalue weighted by Gasteiger charge is -2.08. The van der Waals surface area contributed by atoms with Crippen LogP contribution >= 0.6 is 0 Å². The molecule has 0 radical (unpaired) electrons. The highest BCUT2D eigenvalue weighted by atomic mass is 16.5. The molecule has 6 nitrogen and oxygen atoms in total. The van der Waals surface area contributed by atoms with Gasteiger partial charge < -0.3 is 19.8 Å². The van der Waals surface area contributed by atoms with Crippen LogP contribution in [0.1, 0.15) is 11.3 Å². The molecule has 0 spiro atoms. The second kappa shape index (κ2) is 8.01. The van der Waals surface area contributed by atoms with Gasteiger partial charge in [-0.1, -0.05) is 6.07 Å². The van der Waals surface area contributed by atoms with E-state index >= 15 is 0 Å². The van der Waals surface area contributed by atoms with Gasteiger partial charge in [-0.25, -0.2) is 4.98 Å². The van der Waals surface area contributed by atoms with Crippen molar-refractivity contribution in [3.05, 3.63) is 72.3 Å². The average molecular weight is 337 g/mol. The van der Waals surface area contributed by atoms with Crippen LogP contribution in [0.25, 0.3) is 0 Å². The predicted molar refractivity (Wildman–Crippen MR) is 94.5 cm³/mol. The fraction of sp³-hybridized carbons (Fsp3) is 0.158. The zero-order valence-corrected chi connectivity index (χ0v) is 13.9. The van der Waals surface area contributed by atoms with Gasteiger partial charge in [0.15, 0.2) is 0 Å². The zero-order chi connectivity index (χ0) is 17.5. The van der Waals surface area contributed by atoms with Gasteiger partial charge in [0.05, 0.1) is 19.4 Å². The number of rotatable bonds is 7. The Labute approximate surface area is 145 Å². The monoisotopic (exact) mass is 337 g/mol. The van der Waals surface area contributed by atoms with E-state index in [4.69, 9.17) is 9.15 Å². The number of nitrogens with one attached hydrogen (secondary N) is 2. The number of amides is 1. The van der Waals surface area contributed by atoms with Gasteiger partial charge in [0.1, 0.15) is 11.5 Å². The third-order valence-corrected chi connectivity index (χ3v) is 3.45. The van der Waals surface area contributed by atoms with E-state index in [2.05, 4.69) is 15.6 Å². The van der Waals surface area contributed by atoms with Crippen LogP contribution in [0.3, 0.4) is 0 Å². The summed E-state index contributed by atoms with van der Waals surface area (Å²) in [6, 6.07) is 14.7. The molecule has 0 saturated heterocycles. The van der Waals surface area contributed by atoms with Crippen molar-refractivity contribution in [2.24, 2.45) is 0 Å². The van der Waals surface area contributed by atoms with E-state index in [1.54, 1.807) is 18.5 Å². The zero-order valence-electron chi connectivity index (χ0n) is 13.9. The summed E-state index contributed by atoms with van der Waals surface area (Å²) in [6.45, 7) is 2.53. The number of nitrogens with zero attached hydrogens (tertiary/aromatic N) is 1. The maximum absolute atomic E-state index is 11.8. The maximum atomic E-state index is 11.8. The van der Waals surface area contributed by atoms with Crippen LogP contribution in [0.5, 0.6) is 11.6 Å². The smallest absolute Gasteiger partial charge is 0.239 e. The summed E-state index contributed by atoms with van der Waals surface area (Å²) < 4.78 is 10.8. The van der Waals surface area contributed by atoms with Gasteiger partial charge in [-0.2, -0.15) is 0 Å². The molecule has 128 valence electrons. The van der Waals surface area contributed by atoms with Gasteiger partial charge in [-0.05, 0) is 48.9 Å². The summed E-state index contributed by atoms with van der Waals surface area (Å²) in [5.41, 5.74) is 1.91. The first-order valence-corrected chi connectivity index (χ1v) is 7.92. The first-order valence-electron chi connectivity index (χ1n) is 7.92. The molecule has 1 amide bonds. The number of carbonyl (C=O) groups is 1. The molecule has 0 fully saturated rings. The van der Waals surface area contributed by atoms with Crippen molar-refractivity contribution in [2.75, 3.05) is 11.9 Å². The molecule has 25 heavy (non-hydrogen) atoms. The summed E-state index contributed by atoms with van der Waals surface area (Å²) in [5, 5.41) is 5.83. The minimum absolute atomic E-state index is 0.111. The fourth-order valence-corrected chi connectivity index (χ4v) is 2.12. The van der Waals surface area contributed by atoms with Gasteiger partial charge in [0.2, 0.25) is 11.8 Å². The van der Waals surface area contributed by atoms with Crippen molar-refractivity contribution in [2.45, 2.75) is 13.5 Å². The molecule has 0 aliphatic carbocycles. The van der Waals surface area contributed by atoms with Crippen molar-refractivity contribution in [1.29, 1.82) is 0 Å². The van der Waals surface area contributed by atoms with E-state index in [1.807, 2.05) is 49.4 Å². The van der Waals surface area contributed by atoms with Crippen LogP contribution in [0, 0.1) is 6.92 Å². The van der Waals surface area contributed by atoms with E-state index in [0.29, 0.717) is 18.2 Å². The minimum Gasteiger partial charge on any atom is -0.467 e. The third-order valence-electron chi connectivity index (χ3n) is 3.45. The predicted octanol–water partition coefficient (Wildman–Crippen LogP) is 3.50. The Bertz CT molecular complexity index is 797. The van der Waals surface area contributed by atoms with E-state index in [9.17, 15) is 4.79 Å². The van der Waals surface area contributed by atoms with E-state index in [0.717, 1.165) is 17.0 Å². The highest BCUT2D eigenvalue weighted by Gasteiger charge is 2.03. The Hall–Kier alpha value is -3.28. The first-order chi connectivity index (χ1) is 12.2. The molecule has 0 atom stereocenters. The number of carbonyl (C=O) groups excluding carboxylic acids is 1. The number of aryl methyl sites for hydroxylation is 1. The summed E-state index contributed by atoms with van der Waals surface area (Å²) >= 11 is 0. The number of furan rings is 1. The molecule has 2 heterocycles. The van der Waals surface area contributed by atoms with Crippen LogP contribution in [0.2, 0.25) is 0 Å². The Kier molecular flexibility index (Phi) is 5.31. The molecule has 0 saturated carbocycles. The Morgan fingerprint density at radius 3 is 2.68 bits per heavy atom. The molecule has 2 N–H and O–H groups in total. The van der Waals surface area contributed by atoms with Gasteiger partial charge in [0.25, 0.3) is 0 Å². The summed E-state index contributed by atoms with van der Waals surface area (Å²) in [5.74, 6) is 1.84. The lowest BCUT2D eigenvalue weighted by molar-refractivity contribution is -0.119. The summed E-state index contributed by atoms with van der Waals surface area (Å²) in [7, 11) is 0. The van der Waals surface area contributed by atoms with Gasteiger partial charge in [0, 0.05) is 18.0 Å². The van der Waals surface area contributed by atoms with E-state index in [1.165, 1.54) is 0 Å². The molecule has 6 heteroatoms. The van der Waals surface area contributed by atoms with Crippen molar-refractivity contribution in [1.82, 2.24) is 10.3 Å². The number of benzene rings is 1. The first kappa shape index (κ1) is 16.6. The largest absolute Gasteiger partial charge is 0.467 e. The molecule has 1 aromatic carbocycles. The molecular weight excluding hydrogens is 318 g/mol. The Morgan fingerprint density at radius 2 is 2.00 bits per heavy atom. The highest BCUT2D eigenvalue weighted by Crippen LogP contribution is 2.21. The molecule has 0 aliphatic rings. The number of pyridine rings is 1. The van der Waals surface area contributed by atoms with E-state index in [-0.39, 0.29) is 12.5 Å². The summed E-state index contributed by atoms with van der Waals surface area (Å²) in [4.78, 5) is 16.0. The van der Waals surface area contributed by atoms with Crippen molar-refractivity contribution in [3.8, 4) is 11.6 Å². The third kappa shape index (κ3) is 5.10. The quantitative estimate of drug-likeness (QED) is 0.690. The second-order valence-corrected chi connectivity index (χ2v) is 5.51. The number of aromatic nitrogens is 1. The van der Waals surface area contributed by atoms with E-state index < -0.39 is 0 Å². The van der Waals surface area contributed by atoms with Gasteiger partial charge in [-0.3, -0.25) is 4.79 Å². The number of hydrogen-bond acceptors (Lipinski definition) is 5. The Balaban J connectivity index is 1.45. The minimum atomic E-state index is -0.111. The normalized spacial score (nSPS) is 10.3. The van der Waals surface area contributed by atoms with Crippen LogP contribution in [-0.4, -0.2) is 17.4 Å². The van der Waals surface area contributed by atoms with Crippen molar-refractivity contribution >= 4 is 11.6 Å². The Morgan fingerprint density at radius 1 is 1.16 bits per heavy atom. The number of ether oxygens (including phenoxy) is 1. The molecule has 0 unspecified atom stereocenters. The second-order valence-electron chi connectivity index (χ2n) is 5.51. The molecule has 3 rings (SSSR count). The molecule has 0 bridgehead atoms. The molecule has 3 aromatic rings. The van der Waals surface area contributed by atoms with Crippen LogP contribution in [-0.2, 0) is 11.3 Å². The molecule has 0 aliphatic heterocycles. The molecular formula is C19H19N3O3. The number of hydrogen-bond donors (Lipinski definition) is 2. The lowest BCUT2D eigenvalue weighted by Crippen LogP contribution is -2.29. The van der Waals surface area contributed by atoms with Gasteiger partial charge in [-0.15, -0.1) is 0 Å². The molecule has 2 aromatic heterocycles. The van der Waals surface area contributed by atoms with Crippen LogP contribution in [0.15, 0.2) is 65.4 Å². The lowest BCUT2D eigenvalue weighted by atomic mass is 10.3. The van der Waals surface area contributed by atoms with Crippen LogP contribution in [0.4, 0.5) is 5.69 Å². The maximum Gasteiger partial charge on any atom is 0.239 e. The average Bonchev–Trinajstić information content (AvgIpc) is 3.15. The standard InChI is InChI=1S/C19H19N3O3/c1-14-4-9-19(22-11-14)25-16-7-5-15(6-8-16)20-13-18(23)21-12-17-3-2-10-24-17/h2-11,20H,12-13H2,1H3,(H,21,23). The highest BCUT2D eigenvalue weighted by molar-refractivity contribution is 5.80. The fourth-order valence-electron chi connectivity index (χ4n) is 2.12. The summed E-state index contributed by atoms with van der Waals surface area (Å²) in [6.07, 6.45) is 3.34. The number of anilines is 1. The van der Waals surface area contributed by atoms with Crippen molar-refractivity contribution < 1.29 is 13.9 Å². The van der Waals surface area contributed by atoms with Crippen molar-refractivity contribution in [3.63, 3.8) is 0 Å². The topological polar surface area (TPSA) is 76.4 Å².